The molecule has 0 fully saturated rings. The van der Waals surface area contributed by atoms with E-state index < -0.39 is 0 Å². The van der Waals surface area contributed by atoms with E-state index in [-0.39, 0.29) is 11.9 Å². The van der Waals surface area contributed by atoms with E-state index in [2.05, 4.69) is 145 Å². The summed E-state index contributed by atoms with van der Waals surface area (Å²) in [5.74, 6) is 0.841. The Morgan fingerprint density at radius 3 is 1.03 bits per heavy atom. The van der Waals surface area contributed by atoms with Crippen molar-refractivity contribution in [1.82, 2.24) is 0 Å². The second kappa shape index (κ2) is 21.1. The number of rotatable bonds is 18. The topological polar surface area (TPSA) is 68.3 Å². The van der Waals surface area contributed by atoms with Crippen LogP contribution in [-0.2, 0) is 31.9 Å². The monoisotopic (exact) mass is 784 g/mol. The molecule has 0 spiro atoms. The van der Waals surface area contributed by atoms with Gasteiger partial charge in [-0.25, -0.2) is 9.59 Å². The van der Waals surface area contributed by atoms with Gasteiger partial charge in [-0.3, -0.25) is 0 Å². The maximum absolute atomic E-state index is 11.7. The smallest absolute Gasteiger partial charge is 0.330 e. The van der Waals surface area contributed by atoms with Crippen LogP contribution in [0.3, 0.4) is 0 Å². The first kappa shape index (κ1) is 41.8. The summed E-state index contributed by atoms with van der Waals surface area (Å²) in [7, 11) is 0. The van der Waals surface area contributed by atoms with Crippen molar-refractivity contribution >= 4 is 46.1 Å². The van der Waals surface area contributed by atoms with Gasteiger partial charge < -0.3 is 24.0 Å². The number of aryl methyl sites for hydroxylation is 4. The van der Waals surface area contributed by atoms with Crippen LogP contribution in [0.4, 0.5) is 34.1 Å². The van der Waals surface area contributed by atoms with Crippen molar-refractivity contribution in [1.29, 1.82) is 0 Å². The van der Waals surface area contributed by atoms with E-state index in [0.29, 0.717) is 13.2 Å². The van der Waals surface area contributed by atoms with Crippen LogP contribution in [0.25, 0.3) is 0 Å². The number of allylic oxidation sites excluding steroid dienone is 2. The van der Waals surface area contributed by atoms with E-state index in [1.807, 2.05) is 24.3 Å². The molecule has 0 aliphatic rings. The summed E-state index contributed by atoms with van der Waals surface area (Å²) in [4.78, 5) is 27.8. The van der Waals surface area contributed by atoms with Gasteiger partial charge in [0.15, 0.2) is 0 Å². The second-order valence-corrected chi connectivity index (χ2v) is 14.3. The van der Waals surface area contributed by atoms with Gasteiger partial charge in [0.25, 0.3) is 0 Å². The fraction of sp³-hybridized carbons (Fsp3) is 0.192. The lowest BCUT2D eigenvalue weighted by molar-refractivity contribution is -0.138. The molecule has 0 heterocycles. The lowest BCUT2D eigenvalue weighted by Gasteiger charge is -2.26. The molecule has 7 nitrogen and oxygen atoms in total. The number of esters is 2. The first-order valence-corrected chi connectivity index (χ1v) is 20.2. The van der Waals surface area contributed by atoms with Crippen molar-refractivity contribution in [3.63, 3.8) is 0 Å². The minimum Gasteiger partial charge on any atom is -0.463 e. The molecule has 6 rings (SSSR count). The summed E-state index contributed by atoms with van der Waals surface area (Å²) < 4.78 is 16.9. The molecule has 0 saturated heterocycles. The van der Waals surface area contributed by atoms with Gasteiger partial charge in [-0.2, -0.15) is 0 Å². The first-order chi connectivity index (χ1) is 28.8. The molecule has 6 aromatic carbocycles. The normalized spacial score (nSPS) is 11.1. The van der Waals surface area contributed by atoms with Gasteiger partial charge in [0.2, 0.25) is 0 Å². The first-order valence-electron chi connectivity index (χ1n) is 20.2. The van der Waals surface area contributed by atoms with E-state index in [4.69, 9.17) is 14.2 Å². The Morgan fingerprint density at radius 2 is 0.729 bits per heavy atom. The number of nitrogens with zero attached hydrogens (tertiary/aromatic N) is 2. The number of carbonyl (C=O) groups is 2. The third-order valence-electron chi connectivity index (χ3n) is 9.71. The molecule has 0 radical (unpaired) electrons. The third-order valence-corrected chi connectivity index (χ3v) is 9.71. The Kier molecular flexibility index (Phi) is 14.9. The summed E-state index contributed by atoms with van der Waals surface area (Å²) in [6.45, 7) is 8.54. The molecule has 0 saturated carbocycles. The summed E-state index contributed by atoms with van der Waals surface area (Å²) in [5.41, 5.74) is 11.0. The molecule has 7 heteroatoms. The molecule has 6 aromatic rings. The minimum absolute atomic E-state index is 0.314. The average Bonchev–Trinajstić information content (AvgIpc) is 3.25. The molecule has 0 unspecified atom stereocenters. The predicted octanol–water partition coefficient (Wildman–Crippen LogP) is 13.1. The highest BCUT2D eigenvalue weighted by molar-refractivity contribution is 5.82. The predicted molar refractivity (Wildman–Crippen MR) is 240 cm³/mol. The van der Waals surface area contributed by atoms with E-state index in [1.165, 1.54) is 23.3 Å². The zero-order chi connectivity index (χ0) is 41.4. The molecule has 0 N–H and O–H groups in total. The van der Waals surface area contributed by atoms with Gasteiger partial charge in [0.05, 0.1) is 13.2 Å². The van der Waals surface area contributed by atoms with Gasteiger partial charge in [-0.05, 0) is 162 Å². The van der Waals surface area contributed by atoms with Crippen LogP contribution in [0.1, 0.15) is 48.9 Å². The highest BCUT2D eigenvalue weighted by Crippen LogP contribution is 2.38. The maximum atomic E-state index is 11.7. The lowest BCUT2D eigenvalue weighted by atomic mass is 10.1. The molecule has 0 bridgehead atoms. The number of ether oxygens (including phenoxy) is 3. The van der Waals surface area contributed by atoms with Crippen molar-refractivity contribution in [2.45, 2.75) is 53.4 Å². The van der Waals surface area contributed by atoms with Crippen LogP contribution < -0.4 is 14.5 Å². The average molecular weight is 785 g/mol. The molecule has 59 heavy (non-hydrogen) atoms. The molecule has 0 aliphatic carbocycles. The van der Waals surface area contributed by atoms with E-state index in [1.54, 1.807) is 26.0 Å². The van der Waals surface area contributed by atoms with E-state index in [0.717, 1.165) is 82.4 Å². The summed E-state index contributed by atoms with van der Waals surface area (Å²) >= 11 is 0. The van der Waals surface area contributed by atoms with Gasteiger partial charge >= 0.3 is 11.9 Å². The SMILES string of the molecule is C/C=C/C(=O)OCCCc1ccc(N(c2ccc(CCCOC(=O)/C=C/C)cc2)c2ccc(Oc3ccc(N(c4ccc(C)cc4)c4ccc(C)cc4)cc3)cc2)cc1. The Bertz CT molecular complexity index is 2170. The highest BCUT2D eigenvalue weighted by atomic mass is 16.5. The minimum atomic E-state index is -0.314. The third kappa shape index (κ3) is 12.1. The fourth-order valence-electron chi connectivity index (χ4n) is 6.63. The summed E-state index contributed by atoms with van der Waals surface area (Å²) in [6, 6.07) is 50.4. The van der Waals surface area contributed by atoms with Gasteiger partial charge in [0.1, 0.15) is 11.5 Å². The van der Waals surface area contributed by atoms with Crippen molar-refractivity contribution in [2.24, 2.45) is 0 Å². The van der Waals surface area contributed by atoms with Crippen LogP contribution in [-0.4, -0.2) is 25.2 Å². The van der Waals surface area contributed by atoms with Crippen LogP contribution in [0.15, 0.2) is 170 Å². The molecule has 0 atom stereocenters. The van der Waals surface area contributed by atoms with Crippen LogP contribution in [0.2, 0.25) is 0 Å². The number of carbonyl (C=O) groups excluding carboxylic acids is 2. The Balaban J connectivity index is 1.18. The molecule has 0 aromatic heterocycles. The number of hydrogen-bond acceptors (Lipinski definition) is 7. The van der Waals surface area contributed by atoms with Gasteiger partial charge in [0, 0.05) is 46.3 Å². The number of benzene rings is 6. The number of hydrogen-bond donors (Lipinski definition) is 0. The van der Waals surface area contributed by atoms with Crippen molar-refractivity contribution in [2.75, 3.05) is 23.0 Å². The van der Waals surface area contributed by atoms with Crippen LogP contribution in [0, 0.1) is 13.8 Å². The maximum Gasteiger partial charge on any atom is 0.330 e. The Hall–Kier alpha value is -6.86. The summed E-state index contributed by atoms with van der Waals surface area (Å²) in [5, 5.41) is 0. The summed E-state index contributed by atoms with van der Waals surface area (Å²) in [6.07, 6.45) is 9.30. The molecule has 300 valence electrons. The standard InChI is InChI=1S/C52H52N2O5/c1-5-9-51(55)57-37-7-11-41-17-25-45(26-18-41)54(46-27-19-42(20-28-46)12-8-38-58-52(56)10-6-2)48-31-35-50(36-32-48)59-49-33-29-47(30-34-49)53(43-21-13-39(3)14-22-43)44-23-15-40(4)16-24-44/h5-6,9-10,13-36H,7-8,11-12,37-38H2,1-4H3/b9-5+,10-6+. The zero-order valence-corrected chi connectivity index (χ0v) is 34.3. The molecular formula is C52H52N2O5. The largest absolute Gasteiger partial charge is 0.463 e. The second-order valence-electron chi connectivity index (χ2n) is 14.3. The van der Waals surface area contributed by atoms with E-state index in [9.17, 15) is 9.59 Å². The number of anilines is 6. The quantitative estimate of drug-likeness (QED) is 0.0488. The van der Waals surface area contributed by atoms with E-state index >= 15 is 0 Å². The van der Waals surface area contributed by atoms with Crippen LogP contribution in [0.5, 0.6) is 11.5 Å². The molecular weight excluding hydrogens is 733 g/mol. The van der Waals surface area contributed by atoms with Crippen molar-refractivity contribution < 1.29 is 23.8 Å². The Labute approximate surface area is 348 Å². The van der Waals surface area contributed by atoms with Gasteiger partial charge in [-0.1, -0.05) is 71.8 Å². The Morgan fingerprint density at radius 1 is 0.441 bits per heavy atom. The van der Waals surface area contributed by atoms with Crippen LogP contribution >= 0.6 is 0 Å². The fourth-order valence-corrected chi connectivity index (χ4v) is 6.63. The van der Waals surface area contributed by atoms with Crippen molar-refractivity contribution in [3.05, 3.63) is 192 Å². The highest BCUT2D eigenvalue weighted by Gasteiger charge is 2.15. The lowest BCUT2D eigenvalue weighted by Crippen LogP contribution is -2.10. The molecule has 0 aliphatic heterocycles. The van der Waals surface area contributed by atoms with Gasteiger partial charge in [-0.15, -0.1) is 0 Å². The van der Waals surface area contributed by atoms with Crippen molar-refractivity contribution in [3.8, 4) is 11.5 Å². The zero-order valence-electron chi connectivity index (χ0n) is 34.3. The molecule has 0 amide bonds.